The number of amides is 1. The maximum atomic E-state index is 12.7. The van der Waals surface area contributed by atoms with Crippen LogP contribution in [0.25, 0.3) is 0 Å². The molecule has 28 heavy (non-hydrogen) atoms. The lowest BCUT2D eigenvalue weighted by Crippen LogP contribution is -2.27. The second-order valence-electron chi connectivity index (χ2n) is 6.13. The molecule has 0 aliphatic carbocycles. The van der Waals surface area contributed by atoms with E-state index < -0.39 is 22.5 Å². The molecule has 2 aromatic carbocycles. The van der Waals surface area contributed by atoms with Crippen molar-refractivity contribution >= 4 is 17.6 Å². The van der Waals surface area contributed by atoms with Crippen LogP contribution in [0.2, 0.25) is 0 Å². The van der Waals surface area contributed by atoms with Crippen molar-refractivity contribution in [2.45, 2.75) is 13.5 Å². The fourth-order valence-corrected chi connectivity index (χ4v) is 2.70. The minimum atomic E-state index is -1.35. The van der Waals surface area contributed by atoms with Crippen LogP contribution >= 0.6 is 0 Å². The number of non-ortho nitro benzene ring substituents is 1. The molecule has 0 radical (unpaired) electrons. The second-order valence-corrected chi connectivity index (χ2v) is 6.13. The Morgan fingerprint density at radius 1 is 1.07 bits per heavy atom. The molecule has 0 fully saturated rings. The van der Waals surface area contributed by atoms with Gasteiger partial charge in [-0.05, 0) is 36.2 Å². The van der Waals surface area contributed by atoms with Crippen molar-refractivity contribution in [2.75, 3.05) is 21.3 Å². The molecular formula is C19H20N2O7. The minimum Gasteiger partial charge on any atom is -0.493 e. The molecule has 0 saturated heterocycles. The van der Waals surface area contributed by atoms with Crippen molar-refractivity contribution < 1.29 is 29.1 Å². The molecule has 0 atom stereocenters. The van der Waals surface area contributed by atoms with Gasteiger partial charge in [0.1, 0.15) is 0 Å². The number of nitrogens with zero attached hydrogens (tertiary/aromatic N) is 2. The fourth-order valence-electron chi connectivity index (χ4n) is 2.70. The number of benzene rings is 2. The number of carboxylic acids is 1. The highest BCUT2D eigenvalue weighted by Gasteiger charge is 2.21. The van der Waals surface area contributed by atoms with Crippen LogP contribution in [-0.4, -0.2) is 48.1 Å². The van der Waals surface area contributed by atoms with Crippen LogP contribution in [0.15, 0.2) is 30.3 Å². The highest BCUT2D eigenvalue weighted by atomic mass is 16.6. The van der Waals surface area contributed by atoms with Gasteiger partial charge in [-0.2, -0.15) is 0 Å². The zero-order chi connectivity index (χ0) is 21.0. The predicted octanol–water partition coefficient (Wildman–Crippen LogP) is 2.89. The van der Waals surface area contributed by atoms with Gasteiger partial charge in [-0.15, -0.1) is 0 Å². The first-order chi connectivity index (χ1) is 13.2. The number of aromatic carboxylic acids is 1. The van der Waals surface area contributed by atoms with E-state index in [1.807, 2.05) is 6.92 Å². The Balaban J connectivity index is 2.35. The Labute approximate surface area is 161 Å². The third-order valence-electron chi connectivity index (χ3n) is 4.22. The number of aryl methyl sites for hydroxylation is 1. The number of carbonyl (C=O) groups is 2. The topological polar surface area (TPSA) is 119 Å². The van der Waals surface area contributed by atoms with Gasteiger partial charge in [-0.1, -0.05) is 0 Å². The van der Waals surface area contributed by atoms with E-state index in [1.165, 1.54) is 26.2 Å². The van der Waals surface area contributed by atoms with Crippen molar-refractivity contribution in [3.63, 3.8) is 0 Å². The van der Waals surface area contributed by atoms with Crippen LogP contribution in [0.1, 0.15) is 31.8 Å². The normalized spacial score (nSPS) is 10.3. The molecule has 9 nitrogen and oxygen atoms in total. The van der Waals surface area contributed by atoms with Gasteiger partial charge in [0.25, 0.3) is 11.6 Å². The van der Waals surface area contributed by atoms with E-state index >= 15 is 0 Å². The second kappa shape index (κ2) is 8.38. The minimum absolute atomic E-state index is 0.0766. The Bertz CT molecular complexity index is 908. The average molecular weight is 388 g/mol. The number of rotatable bonds is 7. The lowest BCUT2D eigenvalue weighted by atomic mass is 10.1. The molecule has 2 rings (SSSR count). The number of hydrogen-bond donors (Lipinski definition) is 1. The van der Waals surface area contributed by atoms with Gasteiger partial charge in [-0.25, -0.2) is 4.79 Å². The van der Waals surface area contributed by atoms with Gasteiger partial charge >= 0.3 is 5.97 Å². The zero-order valence-corrected chi connectivity index (χ0v) is 15.9. The summed E-state index contributed by atoms with van der Waals surface area (Å²) < 4.78 is 10.5. The van der Waals surface area contributed by atoms with Crippen molar-refractivity contribution in [3.05, 3.63) is 62.7 Å². The summed E-state index contributed by atoms with van der Waals surface area (Å²) in [6, 6.07) is 6.62. The van der Waals surface area contributed by atoms with Gasteiger partial charge in [-0.3, -0.25) is 14.9 Å². The summed E-state index contributed by atoms with van der Waals surface area (Å²) in [5, 5.41) is 20.2. The molecule has 0 unspecified atom stereocenters. The van der Waals surface area contributed by atoms with E-state index in [0.29, 0.717) is 11.5 Å². The highest BCUT2D eigenvalue weighted by Crippen LogP contribution is 2.31. The summed E-state index contributed by atoms with van der Waals surface area (Å²) in [6.07, 6.45) is 0. The van der Waals surface area contributed by atoms with E-state index in [4.69, 9.17) is 14.6 Å². The largest absolute Gasteiger partial charge is 0.493 e. The summed E-state index contributed by atoms with van der Waals surface area (Å²) >= 11 is 0. The van der Waals surface area contributed by atoms with Crippen molar-refractivity contribution in [2.24, 2.45) is 0 Å². The Morgan fingerprint density at radius 2 is 1.64 bits per heavy atom. The number of carboxylic acid groups (broad SMARTS) is 1. The first-order valence-electron chi connectivity index (χ1n) is 8.17. The summed E-state index contributed by atoms with van der Waals surface area (Å²) in [6.45, 7) is 2.04. The van der Waals surface area contributed by atoms with Gasteiger partial charge in [0.2, 0.25) is 0 Å². The molecule has 0 saturated carbocycles. The standard InChI is InChI=1S/C19H20N2O7/c1-11-5-16(27-3)17(28-4)9-14(11)10-20(2)18(22)12-6-13(19(23)24)8-15(7-12)21(25)26/h5-9H,10H2,1-4H3,(H,23,24). The molecule has 0 aliphatic rings. The Morgan fingerprint density at radius 3 is 2.18 bits per heavy atom. The molecule has 0 heterocycles. The third-order valence-corrected chi connectivity index (χ3v) is 4.22. The molecule has 0 aliphatic heterocycles. The van der Waals surface area contributed by atoms with Crippen LogP contribution < -0.4 is 9.47 Å². The molecular weight excluding hydrogens is 368 g/mol. The smallest absolute Gasteiger partial charge is 0.335 e. The molecule has 148 valence electrons. The number of carbonyl (C=O) groups excluding carboxylic acids is 1. The fraction of sp³-hybridized carbons (Fsp3) is 0.263. The van der Waals surface area contributed by atoms with Crippen molar-refractivity contribution in [3.8, 4) is 11.5 Å². The SMILES string of the molecule is COc1cc(C)c(CN(C)C(=O)c2cc(C(=O)O)cc([N+](=O)[O-])c2)cc1OC. The number of nitro groups is 1. The van der Waals surface area contributed by atoms with Crippen LogP contribution in [0.3, 0.4) is 0 Å². The van der Waals surface area contributed by atoms with E-state index in [1.54, 1.807) is 12.1 Å². The number of ether oxygens (including phenoxy) is 2. The van der Waals surface area contributed by atoms with Crippen LogP contribution in [0.5, 0.6) is 11.5 Å². The first kappa shape index (κ1) is 20.7. The molecule has 1 amide bonds. The number of hydrogen-bond acceptors (Lipinski definition) is 6. The predicted molar refractivity (Wildman–Crippen MR) is 100 cm³/mol. The highest BCUT2D eigenvalue weighted by molar-refractivity contribution is 5.98. The molecule has 0 spiro atoms. The summed E-state index contributed by atoms with van der Waals surface area (Å²) in [4.78, 5) is 35.6. The van der Waals surface area contributed by atoms with Crippen LogP contribution in [0.4, 0.5) is 5.69 Å². The van der Waals surface area contributed by atoms with Gasteiger partial charge in [0.15, 0.2) is 11.5 Å². The summed E-state index contributed by atoms with van der Waals surface area (Å²) in [7, 11) is 4.55. The quantitative estimate of drug-likeness (QED) is 0.572. The van der Waals surface area contributed by atoms with Gasteiger partial charge in [0, 0.05) is 31.3 Å². The molecule has 9 heteroatoms. The van der Waals surface area contributed by atoms with Gasteiger partial charge < -0.3 is 19.5 Å². The number of methoxy groups -OCH3 is 2. The lowest BCUT2D eigenvalue weighted by molar-refractivity contribution is -0.384. The van der Waals surface area contributed by atoms with Crippen LogP contribution in [0, 0.1) is 17.0 Å². The first-order valence-corrected chi connectivity index (χ1v) is 8.17. The number of nitro benzene ring substituents is 1. The lowest BCUT2D eigenvalue weighted by Gasteiger charge is -2.20. The van der Waals surface area contributed by atoms with E-state index in [-0.39, 0.29) is 17.7 Å². The van der Waals surface area contributed by atoms with Crippen LogP contribution in [-0.2, 0) is 6.54 Å². The summed E-state index contributed by atoms with van der Waals surface area (Å²) in [5.41, 5.74) is 0.791. The Hall–Kier alpha value is -3.62. The average Bonchev–Trinajstić information content (AvgIpc) is 2.67. The monoisotopic (exact) mass is 388 g/mol. The van der Waals surface area contributed by atoms with E-state index in [9.17, 15) is 19.7 Å². The Kier molecular flexibility index (Phi) is 6.19. The third kappa shape index (κ3) is 4.37. The maximum Gasteiger partial charge on any atom is 0.335 e. The maximum absolute atomic E-state index is 12.7. The van der Waals surface area contributed by atoms with Gasteiger partial charge in [0.05, 0.1) is 24.7 Å². The van der Waals surface area contributed by atoms with E-state index in [0.717, 1.165) is 29.3 Å². The zero-order valence-electron chi connectivity index (χ0n) is 15.9. The molecule has 1 N–H and O–H groups in total. The molecule has 0 bridgehead atoms. The van der Waals surface area contributed by atoms with Crippen molar-refractivity contribution in [1.29, 1.82) is 0 Å². The molecule has 0 aromatic heterocycles. The van der Waals surface area contributed by atoms with Crippen molar-refractivity contribution in [1.82, 2.24) is 4.90 Å². The summed E-state index contributed by atoms with van der Waals surface area (Å²) in [5.74, 6) is -0.827. The van der Waals surface area contributed by atoms with E-state index in [2.05, 4.69) is 0 Å². The molecule has 2 aromatic rings.